The van der Waals surface area contributed by atoms with Crippen molar-refractivity contribution in [2.45, 2.75) is 59.3 Å². The van der Waals surface area contributed by atoms with Crippen molar-refractivity contribution in [2.75, 3.05) is 12.0 Å². The van der Waals surface area contributed by atoms with Gasteiger partial charge in [0, 0.05) is 41.3 Å². The molecule has 0 radical (unpaired) electrons. The van der Waals surface area contributed by atoms with Gasteiger partial charge in [-0.1, -0.05) is 69.1 Å². The maximum absolute atomic E-state index is 13.9. The number of rotatable bonds is 3. The topological polar surface area (TPSA) is 63.7 Å². The quantitative estimate of drug-likeness (QED) is 0.366. The number of esters is 1. The van der Waals surface area contributed by atoms with Crippen LogP contribution in [0.4, 0.5) is 5.69 Å². The maximum atomic E-state index is 13.9. The van der Waals surface area contributed by atoms with Crippen LogP contribution in [0.15, 0.2) is 65.0 Å². The van der Waals surface area contributed by atoms with E-state index in [2.05, 4.69) is 32.6 Å². The molecule has 0 unspecified atom stereocenters. The monoisotopic (exact) mass is 551 g/mol. The minimum Gasteiger partial charge on any atom is -0.465 e. The molecule has 0 bridgehead atoms. The first kappa shape index (κ1) is 26.7. The van der Waals surface area contributed by atoms with E-state index in [4.69, 9.17) is 27.9 Å². The molecule has 5 nitrogen and oxygen atoms in total. The van der Waals surface area contributed by atoms with E-state index >= 15 is 0 Å². The van der Waals surface area contributed by atoms with Gasteiger partial charge < -0.3 is 9.64 Å². The van der Waals surface area contributed by atoms with Gasteiger partial charge in [0.15, 0.2) is 11.6 Å². The number of anilines is 1. The molecule has 38 heavy (non-hydrogen) atoms. The maximum Gasteiger partial charge on any atom is 0.337 e. The van der Waals surface area contributed by atoms with Crippen LogP contribution in [0.2, 0.25) is 10.0 Å². The van der Waals surface area contributed by atoms with E-state index in [0.29, 0.717) is 58.1 Å². The molecule has 0 aromatic heterocycles. The van der Waals surface area contributed by atoms with Crippen molar-refractivity contribution in [2.24, 2.45) is 10.8 Å². The summed E-state index contributed by atoms with van der Waals surface area (Å²) in [6.45, 7) is 8.36. The number of carbonyl (C=O) groups is 3. The number of carbonyl (C=O) groups excluding carboxylic acids is 3. The average molecular weight is 552 g/mol. The number of hydrogen-bond acceptors (Lipinski definition) is 5. The lowest BCUT2D eigenvalue weighted by molar-refractivity contribution is -0.119. The van der Waals surface area contributed by atoms with Crippen LogP contribution >= 0.6 is 23.2 Å². The Morgan fingerprint density at radius 1 is 0.842 bits per heavy atom. The highest BCUT2D eigenvalue weighted by atomic mass is 35.5. The summed E-state index contributed by atoms with van der Waals surface area (Å²) in [6, 6.07) is 12.5. The Bertz CT molecular complexity index is 1380. The van der Waals surface area contributed by atoms with Gasteiger partial charge >= 0.3 is 5.97 Å². The fourth-order valence-corrected chi connectivity index (χ4v) is 6.56. The second-order valence-electron chi connectivity index (χ2n) is 12.1. The van der Waals surface area contributed by atoms with E-state index < -0.39 is 11.9 Å². The molecule has 0 N–H and O–H groups in total. The number of allylic oxidation sites excluding steroid dienone is 4. The van der Waals surface area contributed by atoms with Crippen LogP contribution in [-0.4, -0.2) is 24.6 Å². The second-order valence-corrected chi connectivity index (χ2v) is 12.8. The van der Waals surface area contributed by atoms with Crippen molar-refractivity contribution in [3.8, 4) is 0 Å². The average Bonchev–Trinajstić information content (AvgIpc) is 2.83. The molecule has 0 fully saturated rings. The lowest BCUT2D eigenvalue weighted by Crippen LogP contribution is -2.44. The molecule has 0 spiro atoms. The normalized spacial score (nSPS) is 20.9. The van der Waals surface area contributed by atoms with Crippen molar-refractivity contribution in [3.63, 3.8) is 0 Å². The zero-order chi connectivity index (χ0) is 27.6. The molecule has 2 aromatic carbocycles. The van der Waals surface area contributed by atoms with Crippen LogP contribution in [-0.2, 0) is 14.3 Å². The molecule has 198 valence electrons. The molecule has 0 atom stereocenters. The van der Waals surface area contributed by atoms with Gasteiger partial charge in [0.05, 0.1) is 28.4 Å². The first-order valence-electron chi connectivity index (χ1n) is 12.8. The Balaban J connectivity index is 1.81. The predicted molar refractivity (Wildman–Crippen MR) is 150 cm³/mol. The van der Waals surface area contributed by atoms with Gasteiger partial charge in [0.25, 0.3) is 0 Å². The molecule has 2 aromatic rings. The van der Waals surface area contributed by atoms with Gasteiger partial charge in [-0.3, -0.25) is 9.59 Å². The van der Waals surface area contributed by atoms with E-state index in [1.165, 1.54) is 7.11 Å². The third kappa shape index (κ3) is 4.50. The number of nitrogens with zero attached hydrogens (tertiary/aromatic N) is 1. The highest BCUT2D eigenvalue weighted by Gasteiger charge is 2.49. The summed E-state index contributed by atoms with van der Waals surface area (Å²) >= 11 is 13.3. The van der Waals surface area contributed by atoms with Crippen molar-refractivity contribution in [1.29, 1.82) is 0 Å². The fraction of sp³-hybridized carbons (Fsp3) is 0.387. The Morgan fingerprint density at radius 2 is 1.37 bits per heavy atom. The van der Waals surface area contributed by atoms with Crippen LogP contribution in [0.25, 0.3) is 0 Å². The molecule has 0 amide bonds. The van der Waals surface area contributed by atoms with Crippen molar-refractivity contribution >= 4 is 46.4 Å². The van der Waals surface area contributed by atoms with E-state index in [-0.39, 0.29) is 22.4 Å². The summed E-state index contributed by atoms with van der Waals surface area (Å²) in [5.41, 5.74) is 4.31. The number of ether oxygens (including phenoxy) is 1. The molecular formula is C31H31Cl2NO4. The second kappa shape index (κ2) is 9.39. The molecule has 1 aliphatic heterocycles. The lowest BCUT2D eigenvalue weighted by atomic mass is 9.63. The number of hydrogen-bond donors (Lipinski definition) is 0. The largest absolute Gasteiger partial charge is 0.465 e. The van der Waals surface area contributed by atoms with Gasteiger partial charge in [0.1, 0.15) is 0 Å². The van der Waals surface area contributed by atoms with Crippen LogP contribution in [0.5, 0.6) is 0 Å². The lowest BCUT2D eigenvalue weighted by Gasteiger charge is -2.49. The summed E-state index contributed by atoms with van der Waals surface area (Å²) in [7, 11) is 1.34. The molecule has 5 rings (SSSR count). The highest BCUT2D eigenvalue weighted by molar-refractivity contribution is 6.43. The Kier molecular flexibility index (Phi) is 6.60. The minimum absolute atomic E-state index is 0.0191. The van der Waals surface area contributed by atoms with E-state index in [1.54, 1.807) is 18.2 Å². The van der Waals surface area contributed by atoms with E-state index in [9.17, 15) is 14.4 Å². The molecule has 0 saturated heterocycles. The SMILES string of the molecule is COC(=O)c1ccc(C2C3=C(CC(C)(C)CC3=O)N(c3cccc(Cl)c3Cl)C3=C2C(=O)CC(C)(C)C3)cc1. The van der Waals surface area contributed by atoms with Gasteiger partial charge in [-0.2, -0.15) is 0 Å². The number of ketones is 2. The smallest absolute Gasteiger partial charge is 0.337 e. The van der Waals surface area contributed by atoms with Gasteiger partial charge in [-0.15, -0.1) is 0 Å². The Morgan fingerprint density at radius 3 is 1.87 bits per heavy atom. The summed E-state index contributed by atoms with van der Waals surface area (Å²) in [4.78, 5) is 42.0. The van der Waals surface area contributed by atoms with Crippen LogP contribution < -0.4 is 4.90 Å². The van der Waals surface area contributed by atoms with Crippen LogP contribution in [0, 0.1) is 10.8 Å². The van der Waals surface area contributed by atoms with E-state index in [0.717, 1.165) is 17.0 Å². The Hall–Kier alpha value is -2.89. The first-order chi connectivity index (χ1) is 17.8. The van der Waals surface area contributed by atoms with Crippen LogP contribution in [0.1, 0.15) is 75.2 Å². The fourth-order valence-electron chi connectivity index (χ4n) is 6.18. The zero-order valence-electron chi connectivity index (χ0n) is 22.3. The molecule has 1 heterocycles. The summed E-state index contributed by atoms with van der Waals surface area (Å²) in [5, 5.41) is 0.803. The zero-order valence-corrected chi connectivity index (χ0v) is 23.8. The third-order valence-corrected chi connectivity index (χ3v) is 8.56. The van der Waals surface area contributed by atoms with Gasteiger partial charge in [0.2, 0.25) is 0 Å². The van der Waals surface area contributed by atoms with Crippen molar-refractivity contribution in [1.82, 2.24) is 0 Å². The summed E-state index contributed by atoms with van der Waals surface area (Å²) in [5.74, 6) is -0.919. The summed E-state index contributed by atoms with van der Waals surface area (Å²) in [6.07, 6.45) is 2.03. The molecule has 3 aliphatic rings. The van der Waals surface area contributed by atoms with E-state index in [1.807, 2.05) is 24.3 Å². The molecular weight excluding hydrogens is 521 g/mol. The van der Waals surface area contributed by atoms with Crippen molar-refractivity contribution < 1.29 is 19.1 Å². The number of halogens is 2. The molecule has 7 heteroatoms. The first-order valence-corrected chi connectivity index (χ1v) is 13.5. The Labute approximate surface area is 233 Å². The standard InChI is InChI=1S/C31H31Cl2NO4/c1-30(2)13-21-26(23(35)15-30)25(17-9-11-18(12-10-17)29(37)38-5)27-22(14-31(3,4)16-24(27)36)34(21)20-8-6-7-19(32)28(20)33/h6-12,25H,13-16H2,1-5H3. The molecule has 2 aliphatic carbocycles. The predicted octanol–water partition coefficient (Wildman–Crippen LogP) is 7.67. The highest BCUT2D eigenvalue weighted by Crippen LogP contribution is 2.56. The summed E-state index contributed by atoms with van der Waals surface area (Å²) < 4.78 is 4.86. The number of benzene rings is 2. The number of Topliss-reactive ketones (excluding diaryl/α,β-unsaturated/α-hetero) is 2. The number of methoxy groups -OCH3 is 1. The van der Waals surface area contributed by atoms with Gasteiger partial charge in [-0.25, -0.2) is 4.79 Å². The molecule has 0 saturated carbocycles. The third-order valence-electron chi connectivity index (χ3n) is 7.75. The van der Waals surface area contributed by atoms with Gasteiger partial charge in [-0.05, 0) is 53.5 Å². The minimum atomic E-state index is -0.520. The van der Waals surface area contributed by atoms with Crippen molar-refractivity contribution in [3.05, 3.63) is 86.2 Å². The van der Waals surface area contributed by atoms with Crippen LogP contribution in [0.3, 0.4) is 0 Å².